The smallest absolute Gasteiger partial charge is 0.422 e. The van der Waals surface area contributed by atoms with Gasteiger partial charge in [-0.05, 0) is 30.3 Å². The number of hydrogen-bond acceptors (Lipinski definition) is 5. The summed E-state index contributed by atoms with van der Waals surface area (Å²) in [4.78, 5) is 14.3. The van der Waals surface area contributed by atoms with Gasteiger partial charge in [0.25, 0.3) is 5.91 Å². The molecule has 0 saturated heterocycles. The topological polar surface area (TPSA) is 81.5 Å². The highest BCUT2D eigenvalue weighted by molar-refractivity contribution is 7.90. The monoisotopic (exact) mass is 465 g/mol. The van der Waals surface area contributed by atoms with E-state index >= 15 is 0 Å². The minimum Gasteiger partial charge on any atom is -0.483 e. The number of carbonyl (C=O) groups excluding carboxylic acids is 1. The lowest BCUT2D eigenvalue weighted by Gasteiger charge is -2.19. The molecule has 1 aliphatic heterocycles. The number of alkyl halides is 3. The van der Waals surface area contributed by atoms with E-state index in [1.165, 1.54) is 4.90 Å². The van der Waals surface area contributed by atoms with Crippen molar-refractivity contribution in [2.24, 2.45) is 0 Å². The lowest BCUT2D eigenvalue weighted by atomic mass is 10.1. The Morgan fingerprint density at radius 3 is 2.47 bits per heavy atom. The van der Waals surface area contributed by atoms with Gasteiger partial charge in [-0.2, -0.15) is 18.3 Å². The fraction of sp³-hybridized carbons (Fsp3) is 0.238. The molecule has 0 fully saturated rings. The Morgan fingerprint density at radius 1 is 1.12 bits per heavy atom. The molecule has 0 spiro atoms. The average Bonchev–Trinajstić information content (AvgIpc) is 3.30. The molecule has 1 aliphatic rings. The number of rotatable bonds is 5. The minimum atomic E-state index is -4.61. The molecule has 0 N–H and O–H groups in total. The molecule has 4 rings (SSSR count). The number of halogens is 3. The van der Waals surface area contributed by atoms with Crippen molar-refractivity contribution >= 4 is 15.7 Å². The van der Waals surface area contributed by atoms with Gasteiger partial charge in [-0.15, -0.1) is 0 Å². The average molecular weight is 465 g/mol. The van der Waals surface area contributed by atoms with E-state index < -0.39 is 28.5 Å². The molecule has 0 unspecified atom stereocenters. The SMILES string of the molecule is CS(=O)(=O)c1ccc(OCC(F)(F)F)c(C(=O)N2Cc3cn(-c4ccccc4)nc3C2)c1. The van der Waals surface area contributed by atoms with Crippen LogP contribution in [0.1, 0.15) is 21.6 Å². The largest absolute Gasteiger partial charge is 0.483 e. The number of para-hydroxylation sites is 1. The number of nitrogens with zero attached hydrogens (tertiary/aromatic N) is 3. The van der Waals surface area contributed by atoms with Crippen LogP contribution in [-0.2, 0) is 22.9 Å². The first-order chi connectivity index (χ1) is 15.0. The quantitative estimate of drug-likeness (QED) is 0.577. The van der Waals surface area contributed by atoms with Crippen molar-refractivity contribution in [1.29, 1.82) is 0 Å². The zero-order valence-electron chi connectivity index (χ0n) is 16.8. The van der Waals surface area contributed by atoms with E-state index in [1.807, 2.05) is 30.3 Å². The highest BCUT2D eigenvalue weighted by Crippen LogP contribution is 2.30. The first kappa shape index (κ1) is 21.9. The molecule has 11 heteroatoms. The van der Waals surface area contributed by atoms with Gasteiger partial charge in [-0.25, -0.2) is 13.1 Å². The summed E-state index contributed by atoms with van der Waals surface area (Å²) in [5, 5.41) is 4.48. The molecule has 32 heavy (non-hydrogen) atoms. The van der Waals surface area contributed by atoms with Crippen molar-refractivity contribution < 1.29 is 31.1 Å². The van der Waals surface area contributed by atoms with Crippen LogP contribution in [0.4, 0.5) is 13.2 Å². The van der Waals surface area contributed by atoms with Crippen LogP contribution < -0.4 is 4.74 Å². The fourth-order valence-corrected chi connectivity index (χ4v) is 4.02. The van der Waals surface area contributed by atoms with Crippen molar-refractivity contribution in [2.45, 2.75) is 24.2 Å². The number of aromatic nitrogens is 2. The van der Waals surface area contributed by atoms with Crippen LogP contribution in [0.2, 0.25) is 0 Å². The summed E-state index contributed by atoms with van der Waals surface area (Å²) < 4.78 is 68.2. The first-order valence-electron chi connectivity index (χ1n) is 9.47. The Bertz CT molecular complexity index is 1250. The first-order valence-corrected chi connectivity index (χ1v) is 11.4. The van der Waals surface area contributed by atoms with Gasteiger partial charge in [-0.1, -0.05) is 18.2 Å². The zero-order chi connectivity index (χ0) is 23.1. The Balaban J connectivity index is 1.60. The Hall–Kier alpha value is -3.34. The lowest BCUT2D eigenvalue weighted by molar-refractivity contribution is -0.153. The van der Waals surface area contributed by atoms with Crippen molar-refractivity contribution in [3.05, 3.63) is 71.5 Å². The van der Waals surface area contributed by atoms with Crippen LogP contribution in [0.3, 0.4) is 0 Å². The number of sulfone groups is 1. The number of amides is 1. The van der Waals surface area contributed by atoms with Crippen LogP contribution in [0.25, 0.3) is 5.69 Å². The van der Waals surface area contributed by atoms with Gasteiger partial charge in [0.1, 0.15) is 5.75 Å². The maximum atomic E-state index is 13.1. The molecule has 0 saturated carbocycles. The summed E-state index contributed by atoms with van der Waals surface area (Å²) in [7, 11) is -3.69. The maximum absolute atomic E-state index is 13.1. The number of ether oxygens (including phenoxy) is 1. The van der Waals surface area contributed by atoms with Gasteiger partial charge < -0.3 is 9.64 Å². The Kier molecular flexibility index (Phi) is 5.45. The molecule has 0 bridgehead atoms. The molecule has 7 nitrogen and oxygen atoms in total. The van der Waals surface area contributed by atoms with Crippen molar-refractivity contribution in [3.63, 3.8) is 0 Å². The van der Waals surface area contributed by atoms with Gasteiger partial charge in [-0.3, -0.25) is 4.79 Å². The van der Waals surface area contributed by atoms with Gasteiger partial charge in [0.05, 0.1) is 28.4 Å². The predicted molar refractivity (Wildman–Crippen MR) is 108 cm³/mol. The minimum absolute atomic E-state index is 0.135. The van der Waals surface area contributed by atoms with E-state index in [-0.39, 0.29) is 29.3 Å². The number of carbonyl (C=O) groups is 1. The number of hydrogen-bond donors (Lipinski definition) is 0. The summed E-state index contributed by atoms with van der Waals surface area (Å²) in [6.07, 6.45) is -1.88. The van der Waals surface area contributed by atoms with Gasteiger partial charge in [0, 0.05) is 24.6 Å². The second kappa shape index (κ2) is 7.97. The van der Waals surface area contributed by atoms with Crippen LogP contribution in [-0.4, -0.2) is 48.0 Å². The molecule has 2 aromatic carbocycles. The predicted octanol–water partition coefficient (Wildman–Crippen LogP) is 3.37. The Labute approximate surface area is 181 Å². The molecule has 1 amide bonds. The van der Waals surface area contributed by atoms with E-state index in [1.54, 1.807) is 10.9 Å². The normalized spacial score (nSPS) is 13.8. The lowest BCUT2D eigenvalue weighted by Crippen LogP contribution is -2.27. The van der Waals surface area contributed by atoms with Gasteiger partial charge in [0.2, 0.25) is 0 Å². The summed E-state index contributed by atoms with van der Waals surface area (Å²) >= 11 is 0. The Morgan fingerprint density at radius 2 is 1.84 bits per heavy atom. The third kappa shape index (κ3) is 4.62. The van der Waals surface area contributed by atoms with Crippen molar-refractivity contribution in [3.8, 4) is 11.4 Å². The fourth-order valence-electron chi connectivity index (χ4n) is 3.37. The summed E-state index contributed by atoms with van der Waals surface area (Å²) in [5.41, 5.74) is 2.04. The van der Waals surface area contributed by atoms with E-state index in [4.69, 9.17) is 4.74 Å². The molecule has 1 aromatic heterocycles. The molecular weight excluding hydrogens is 447 g/mol. The van der Waals surface area contributed by atoms with E-state index in [0.29, 0.717) is 5.69 Å². The van der Waals surface area contributed by atoms with E-state index in [2.05, 4.69) is 5.10 Å². The molecule has 0 atom stereocenters. The molecule has 0 aliphatic carbocycles. The third-order valence-electron chi connectivity index (χ3n) is 4.89. The summed E-state index contributed by atoms with van der Waals surface area (Å²) in [6.45, 7) is -1.28. The van der Waals surface area contributed by atoms with Crippen LogP contribution in [0.5, 0.6) is 5.75 Å². The number of benzene rings is 2. The maximum Gasteiger partial charge on any atom is 0.422 e. The molecule has 3 aromatic rings. The number of fused-ring (bicyclic) bond motifs is 1. The van der Waals surface area contributed by atoms with Gasteiger partial charge >= 0.3 is 6.18 Å². The molecule has 2 heterocycles. The molecular formula is C21H18F3N3O4S. The highest BCUT2D eigenvalue weighted by Gasteiger charge is 2.32. The standard InChI is InChI=1S/C21H18F3N3O4S/c1-32(29,30)16-7-8-19(31-13-21(22,23)24)17(9-16)20(28)26-10-14-11-27(25-18(14)12-26)15-5-3-2-4-6-15/h2-9,11H,10,12-13H2,1H3. The molecule has 0 radical (unpaired) electrons. The third-order valence-corrected chi connectivity index (χ3v) is 6.00. The molecule has 168 valence electrons. The van der Waals surface area contributed by atoms with Crippen molar-refractivity contribution in [1.82, 2.24) is 14.7 Å². The second-order valence-corrected chi connectivity index (χ2v) is 9.39. The second-order valence-electron chi connectivity index (χ2n) is 7.38. The van der Waals surface area contributed by atoms with Crippen LogP contribution in [0, 0.1) is 0 Å². The van der Waals surface area contributed by atoms with E-state index in [0.717, 1.165) is 35.7 Å². The van der Waals surface area contributed by atoms with Crippen LogP contribution in [0.15, 0.2) is 59.6 Å². The van der Waals surface area contributed by atoms with E-state index in [9.17, 15) is 26.4 Å². The highest BCUT2D eigenvalue weighted by atomic mass is 32.2. The van der Waals surface area contributed by atoms with Crippen LogP contribution >= 0.6 is 0 Å². The zero-order valence-corrected chi connectivity index (χ0v) is 17.7. The summed E-state index contributed by atoms with van der Waals surface area (Å²) in [6, 6.07) is 12.6. The van der Waals surface area contributed by atoms with Gasteiger partial charge in [0.15, 0.2) is 16.4 Å². The van der Waals surface area contributed by atoms with Crippen molar-refractivity contribution in [2.75, 3.05) is 12.9 Å². The summed E-state index contributed by atoms with van der Waals surface area (Å²) in [5.74, 6) is -0.976.